The Balaban J connectivity index is 2.34. The number of carbonyl (C=O) groups excluding carboxylic acids is 1. The van der Waals surface area contributed by atoms with E-state index in [-0.39, 0.29) is 10.8 Å². The summed E-state index contributed by atoms with van der Waals surface area (Å²) in [6.45, 7) is 1.84. The van der Waals surface area contributed by atoms with E-state index in [2.05, 4.69) is 28.1 Å². The standard InChI is InChI=1S/C11H13BrO2/c1-9(13)14-8-11(12)7-10-5-3-2-4-6-10/h2-6,11H,7-8H2,1H3. The summed E-state index contributed by atoms with van der Waals surface area (Å²) in [5.74, 6) is -0.234. The number of alkyl halides is 1. The van der Waals surface area contributed by atoms with Gasteiger partial charge in [-0.3, -0.25) is 4.79 Å². The molecule has 1 rings (SSSR count). The van der Waals surface area contributed by atoms with E-state index >= 15 is 0 Å². The first-order chi connectivity index (χ1) is 6.68. The van der Waals surface area contributed by atoms with Crippen LogP contribution in [0.4, 0.5) is 0 Å². The Kier molecular flexibility index (Phi) is 4.66. The fraction of sp³-hybridized carbons (Fsp3) is 0.364. The molecule has 0 heterocycles. The van der Waals surface area contributed by atoms with Crippen LogP contribution in [0.5, 0.6) is 0 Å². The Hall–Kier alpha value is -0.830. The molecular formula is C11H13BrO2. The summed E-state index contributed by atoms with van der Waals surface area (Å²) in [6, 6.07) is 10.1. The molecule has 0 aliphatic rings. The molecule has 0 amide bonds. The van der Waals surface area contributed by atoms with E-state index < -0.39 is 0 Å². The summed E-state index contributed by atoms with van der Waals surface area (Å²) in [6.07, 6.45) is 0.869. The van der Waals surface area contributed by atoms with Gasteiger partial charge in [0.1, 0.15) is 6.61 Å². The predicted molar refractivity (Wildman–Crippen MR) is 59.5 cm³/mol. The molecule has 14 heavy (non-hydrogen) atoms. The number of hydrogen-bond donors (Lipinski definition) is 0. The molecule has 0 N–H and O–H groups in total. The van der Waals surface area contributed by atoms with Crippen molar-refractivity contribution in [2.24, 2.45) is 0 Å². The van der Waals surface area contributed by atoms with Gasteiger partial charge in [-0.25, -0.2) is 0 Å². The van der Waals surface area contributed by atoms with Gasteiger partial charge in [0.2, 0.25) is 0 Å². The first-order valence-corrected chi connectivity index (χ1v) is 5.41. The second-order valence-electron chi connectivity index (χ2n) is 3.09. The van der Waals surface area contributed by atoms with Crippen LogP contribution >= 0.6 is 15.9 Å². The average Bonchev–Trinajstić information content (AvgIpc) is 2.16. The van der Waals surface area contributed by atoms with Crippen LogP contribution < -0.4 is 0 Å². The van der Waals surface area contributed by atoms with Crippen LogP contribution in [-0.4, -0.2) is 17.4 Å². The van der Waals surface area contributed by atoms with Gasteiger partial charge >= 0.3 is 5.97 Å². The molecule has 1 atom stereocenters. The number of ether oxygens (including phenoxy) is 1. The van der Waals surface area contributed by atoms with Crippen LogP contribution in [0.1, 0.15) is 12.5 Å². The van der Waals surface area contributed by atoms with Gasteiger partial charge in [0.15, 0.2) is 0 Å². The molecule has 0 aromatic heterocycles. The van der Waals surface area contributed by atoms with Crippen LogP contribution in [0.25, 0.3) is 0 Å². The van der Waals surface area contributed by atoms with Crippen molar-refractivity contribution < 1.29 is 9.53 Å². The summed E-state index contributed by atoms with van der Waals surface area (Å²) in [5, 5.41) is 0. The van der Waals surface area contributed by atoms with Crippen LogP contribution in [-0.2, 0) is 16.0 Å². The van der Waals surface area contributed by atoms with E-state index in [0.717, 1.165) is 6.42 Å². The Labute approximate surface area is 92.4 Å². The van der Waals surface area contributed by atoms with E-state index in [0.29, 0.717) is 6.61 Å². The number of esters is 1. The van der Waals surface area contributed by atoms with Crippen molar-refractivity contribution in [1.82, 2.24) is 0 Å². The number of hydrogen-bond acceptors (Lipinski definition) is 2. The third-order valence-corrected chi connectivity index (χ3v) is 2.36. The highest BCUT2D eigenvalue weighted by atomic mass is 79.9. The maximum absolute atomic E-state index is 10.6. The molecule has 1 aromatic carbocycles. The fourth-order valence-electron chi connectivity index (χ4n) is 1.14. The fourth-order valence-corrected chi connectivity index (χ4v) is 1.64. The second kappa shape index (κ2) is 5.81. The van der Waals surface area contributed by atoms with Crippen LogP contribution in [0.3, 0.4) is 0 Å². The van der Waals surface area contributed by atoms with E-state index in [1.807, 2.05) is 18.2 Å². The third-order valence-electron chi connectivity index (χ3n) is 1.77. The maximum atomic E-state index is 10.6. The molecule has 0 saturated heterocycles. The molecule has 3 heteroatoms. The zero-order chi connectivity index (χ0) is 10.4. The number of halogens is 1. The quantitative estimate of drug-likeness (QED) is 0.612. The highest BCUT2D eigenvalue weighted by Gasteiger charge is 2.06. The zero-order valence-corrected chi connectivity index (χ0v) is 9.66. The lowest BCUT2D eigenvalue weighted by Gasteiger charge is -2.09. The lowest BCUT2D eigenvalue weighted by molar-refractivity contribution is -0.140. The zero-order valence-electron chi connectivity index (χ0n) is 8.07. The van der Waals surface area contributed by atoms with Crippen molar-refractivity contribution in [3.05, 3.63) is 35.9 Å². The van der Waals surface area contributed by atoms with Crippen LogP contribution in [0.15, 0.2) is 30.3 Å². The summed E-state index contributed by atoms with van der Waals surface area (Å²) >= 11 is 3.47. The number of benzene rings is 1. The Morgan fingerprint density at radius 1 is 1.43 bits per heavy atom. The SMILES string of the molecule is CC(=O)OCC(Br)Cc1ccccc1. The van der Waals surface area contributed by atoms with Gasteiger partial charge in [0.05, 0.1) is 4.83 Å². The largest absolute Gasteiger partial charge is 0.465 e. The molecular weight excluding hydrogens is 244 g/mol. The minimum Gasteiger partial charge on any atom is -0.465 e. The molecule has 0 spiro atoms. The lowest BCUT2D eigenvalue weighted by Crippen LogP contribution is -2.13. The van der Waals surface area contributed by atoms with Gasteiger partial charge < -0.3 is 4.74 Å². The van der Waals surface area contributed by atoms with Gasteiger partial charge in [-0.05, 0) is 12.0 Å². The van der Waals surface area contributed by atoms with Gasteiger partial charge in [0.25, 0.3) is 0 Å². The van der Waals surface area contributed by atoms with E-state index in [1.165, 1.54) is 12.5 Å². The summed E-state index contributed by atoms with van der Waals surface area (Å²) in [4.78, 5) is 10.7. The molecule has 0 radical (unpaired) electrons. The molecule has 0 aliphatic carbocycles. The smallest absolute Gasteiger partial charge is 0.302 e. The molecule has 0 bridgehead atoms. The second-order valence-corrected chi connectivity index (χ2v) is 4.38. The Morgan fingerprint density at radius 3 is 2.64 bits per heavy atom. The summed E-state index contributed by atoms with van der Waals surface area (Å²) < 4.78 is 4.89. The highest BCUT2D eigenvalue weighted by Crippen LogP contribution is 2.10. The van der Waals surface area contributed by atoms with E-state index in [9.17, 15) is 4.79 Å². The van der Waals surface area contributed by atoms with Crippen molar-refractivity contribution in [2.75, 3.05) is 6.61 Å². The topological polar surface area (TPSA) is 26.3 Å². The summed E-state index contributed by atoms with van der Waals surface area (Å²) in [7, 11) is 0. The van der Waals surface area contributed by atoms with Crippen molar-refractivity contribution in [3.8, 4) is 0 Å². The molecule has 0 aliphatic heterocycles. The minimum atomic E-state index is -0.234. The predicted octanol–water partition coefficient (Wildman–Crippen LogP) is 2.56. The van der Waals surface area contributed by atoms with Crippen LogP contribution in [0, 0.1) is 0 Å². The Bertz CT molecular complexity index is 285. The maximum Gasteiger partial charge on any atom is 0.302 e. The third kappa shape index (κ3) is 4.42. The molecule has 1 aromatic rings. The number of carbonyl (C=O) groups is 1. The minimum absolute atomic E-state index is 0.189. The molecule has 0 saturated carbocycles. The normalized spacial score (nSPS) is 12.1. The monoisotopic (exact) mass is 256 g/mol. The highest BCUT2D eigenvalue weighted by molar-refractivity contribution is 9.09. The van der Waals surface area contributed by atoms with E-state index in [1.54, 1.807) is 0 Å². The first kappa shape index (κ1) is 11.2. The number of rotatable bonds is 4. The lowest BCUT2D eigenvalue weighted by atomic mass is 10.1. The van der Waals surface area contributed by atoms with Gasteiger partial charge in [-0.2, -0.15) is 0 Å². The van der Waals surface area contributed by atoms with Crippen molar-refractivity contribution in [2.45, 2.75) is 18.2 Å². The van der Waals surface area contributed by atoms with Gasteiger partial charge in [0, 0.05) is 6.92 Å². The average molecular weight is 257 g/mol. The Morgan fingerprint density at radius 2 is 2.07 bits per heavy atom. The summed E-state index contributed by atoms with van der Waals surface area (Å²) in [5.41, 5.74) is 1.24. The van der Waals surface area contributed by atoms with Crippen molar-refractivity contribution in [3.63, 3.8) is 0 Å². The molecule has 76 valence electrons. The molecule has 1 unspecified atom stereocenters. The van der Waals surface area contributed by atoms with Crippen molar-refractivity contribution >= 4 is 21.9 Å². The molecule has 0 fully saturated rings. The van der Waals surface area contributed by atoms with Gasteiger partial charge in [-0.1, -0.05) is 46.3 Å². The van der Waals surface area contributed by atoms with Crippen LogP contribution in [0.2, 0.25) is 0 Å². The van der Waals surface area contributed by atoms with Gasteiger partial charge in [-0.15, -0.1) is 0 Å². The molecule has 2 nitrogen and oxygen atoms in total. The first-order valence-electron chi connectivity index (χ1n) is 4.50. The van der Waals surface area contributed by atoms with E-state index in [4.69, 9.17) is 4.74 Å². The van der Waals surface area contributed by atoms with Crippen molar-refractivity contribution in [1.29, 1.82) is 0 Å².